The van der Waals surface area contributed by atoms with E-state index in [9.17, 15) is 4.79 Å². The van der Waals surface area contributed by atoms with Crippen molar-refractivity contribution in [2.75, 3.05) is 5.32 Å². The molecule has 0 unspecified atom stereocenters. The first-order chi connectivity index (χ1) is 13.4. The first kappa shape index (κ1) is 19.8. The lowest BCUT2D eigenvalue weighted by atomic mass is 10.2. The fraction of sp³-hybridized carbons (Fsp3) is 0.100. The van der Waals surface area contributed by atoms with Crippen molar-refractivity contribution in [1.82, 2.24) is 15.3 Å². The minimum absolute atomic E-state index is 0.142. The van der Waals surface area contributed by atoms with E-state index in [1.165, 1.54) is 0 Å². The van der Waals surface area contributed by atoms with Crippen LogP contribution in [0.5, 0.6) is 0 Å². The van der Waals surface area contributed by atoms with Crippen molar-refractivity contribution in [2.24, 2.45) is 4.99 Å². The van der Waals surface area contributed by atoms with Crippen LogP contribution in [0.1, 0.15) is 21.7 Å². The highest BCUT2D eigenvalue weighted by atomic mass is 35.5. The molecule has 1 aromatic heterocycles. The topological polar surface area (TPSA) is 79.3 Å². The predicted octanol–water partition coefficient (Wildman–Crippen LogP) is 4.93. The van der Waals surface area contributed by atoms with Crippen LogP contribution >= 0.6 is 23.2 Å². The Balaban J connectivity index is 1.95. The van der Waals surface area contributed by atoms with Crippen LogP contribution in [0.2, 0.25) is 10.0 Å². The summed E-state index contributed by atoms with van der Waals surface area (Å²) in [6, 6.07) is 15.6. The molecule has 2 N–H and O–H groups in total. The third-order valence-electron chi connectivity index (χ3n) is 3.63. The van der Waals surface area contributed by atoms with Gasteiger partial charge in [-0.25, -0.2) is 9.97 Å². The number of anilines is 1. The number of carbonyl (C=O) groups excluding carboxylic acids is 1. The van der Waals surface area contributed by atoms with E-state index in [1.54, 1.807) is 42.5 Å². The van der Waals surface area contributed by atoms with Gasteiger partial charge in [0, 0.05) is 22.0 Å². The summed E-state index contributed by atoms with van der Waals surface area (Å²) in [7, 11) is 0. The van der Waals surface area contributed by atoms with Gasteiger partial charge in [0.05, 0.1) is 10.7 Å². The van der Waals surface area contributed by atoms with Gasteiger partial charge in [-0.2, -0.15) is 4.99 Å². The molecule has 0 aliphatic rings. The van der Waals surface area contributed by atoms with Gasteiger partial charge in [-0.1, -0.05) is 41.4 Å². The van der Waals surface area contributed by atoms with Gasteiger partial charge in [-0.05, 0) is 50.2 Å². The average molecular weight is 414 g/mol. The van der Waals surface area contributed by atoms with Crippen molar-refractivity contribution in [3.05, 3.63) is 81.6 Å². The largest absolute Gasteiger partial charge is 0.324 e. The Kier molecular flexibility index (Phi) is 6.23. The van der Waals surface area contributed by atoms with Crippen LogP contribution in [0.25, 0.3) is 0 Å². The van der Waals surface area contributed by atoms with Gasteiger partial charge < -0.3 is 5.32 Å². The first-order valence-electron chi connectivity index (χ1n) is 8.40. The van der Waals surface area contributed by atoms with Gasteiger partial charge in [0.15, 0.2) is 0 Å². The molecule has 6 nitrogen and oxygen atoms in total. The third-order valence-corrected chi connectivity index (χ3v) is 4.18. The molecule has 0 aliphatic heterocycles. The van der Waals surface area contributed by atoms with Gasteiger partial charge in [0.1, 0.15) is 0 Å². The molecule has 8 heteroatoms. The van der Waals surface area contributed by atoms with Crippen molar-refractivity contribution in [3.63, 3.8) is 0 Å². The van der Waals surface area contributed by atoms with E-state index >= 15 is 0 Å². The molecule has 0 saturated carbocycles. The second-order valence-corrected chi connectivity index (χ2v) is 6.82. The molecule has 0 saturated heterocycles. The van der Waals surface area contributed by atoms with Crippen molar-refractivity contribution < 1.29 is 4.79 Å². The number of nitrogens with zero attached hydrogens (tertiary/aromatic N) is 3. The molecule has 1 heterocycles. The van der Waals surface area contributed by atoms with Gasteiger partial charge in [-0.15, -0.1) is 0 Å². The molecule has 0 spiro atoms. The number of carbonyl (C=O) groups is 1. The number of hydrogen-bond acceptors (Lipinski definition) is 4. The van der Waals surface area contributed by atoms with E-state index in [-0.39, 0.29) is 17.8 Å². The van der Waals surface area contributed by atoms with Crippen LogP contribution in [-0.2, 0) is 0 Å². The molecule has 3 rings (SSSR count). The summed E-state index contributed by atoms with van der Waals surface area (Å²) in [4.78, 5) is 25.5. The Morgan fingerprint density at radius 1 is 0.964 bits per heavy atom. The Morgan fingerprint density at radius 3 is 2.29 bits per heavy atom. The summed E-state index contributed by atoms with van der Waals surface area (Å²) in [5.41, 5.74) is 2.55. The molecule has 3 aromatic rings. The predicted molar refractivity (Wildman–Crippen MR) is 113 cm³/mol. The highest BCUT2D eigenvalue weighted by Gasteiger charge is 2.12. The summed E-state index contributed by atoms with van der Waals surface area (Å²) in [6.45, 7) is 3.69. The Morgan fingerprint density at radius 2 is 1.64 bits per heavy atom. The van der Waals surface area contributed by atoms with E-state index in [2.05, 4.69) is 25.6 Å². The number of halogens is 2. The SMILES string of the molecule is Cc1cc(C)nc(/N=C(/NC(=O)c2ccccc2)Nc2ccc(Cl)cc2Cl)n1. The lowest BCUT2D eigenvalue weighted by Gasteiger charge is -2.13. The van der Waals surface area contributed by atoms with Crippen molar-refractivity contribution in [2.45, 2.75) is 13.8 Å². The number of aromatic nitrogens is 2. The molecular formula is C20H17Cl2N5O. The number of amides is 1. The molecule has 0 atom stereocenters. The molecule has 2 aromatic carbocycles. The highest BCUT2D eigenvalue weighted by Crippen LogP contribution is 2.25. The monoisotopic (exact) mass is 413 g/mol. The summed E-state index contributed by atoms with van der Waals surface area (Å²) >= 11 is 12.2. The van der Waals surface area contributed by atoms with Crippen LogP contribution in [0.4, 0.5) is 11.6 Å². The van der Waals surface area contributed by atoms with Crippen molar-refractivity contribution >= 4 is 46.7 Å². The molecule has 0 fully saturated rings. The fourth-order valence-electron chi connectivity index (χ4n) is 2.43. The first-order valence-corrected chi connectivity index (χ1v) is 9.16. The lowest BCUT2D eigenvalue weighted by Crippen LogP contribution is -2.36. The molecule has 28 heavy (non-hydrogen) atoms. The standard InChI is InChI=1S/C20H17Cl2N5O/c1-12-10-13(2)24-19(23-12)27-20(25-17-9-8-15(21)11-16(17)22)26-18(28)14-6-4-3-5-7-14/h3-11H,1-2H3,(H2,23,24,25,26,27,28). The lowest BCUT2D eigenvalue weighted by molar-refractivity contribution is 0.0977. The van der Waals surface area contributed by atoms with Crippen molar-refractivity contribution in [3.8, 4) is 0 Å². The number of aryl methyl sites for hydroxylation is 2. The zero-order valence-corrected chi connectivity index (χ0v) is 16.7. The molecule has 0 bridgehead atoms. The maximum Gasteiger partial charge on any atom is 0.257 e. The van der Waals surface area contributed by atoms with Crippen LogP contribution in [0, 0.1) is 13.8 Å². The Hall–Kier alpha value is -2.96. The molecular weight excluding hydrogens is 397 g/mol. The smallest absolute Gasteiger partial charge is 0.257 e. The van der Waals surface area contributed by atoms with Crippen molar-refractivity contribution in [1.29, 1.82) is 0 Å². The van der Waals surface area contributed by atoms with Gasteiger partial charge in [0.2, 0.25) is 5.96 Å². The number of aliphatic imine (C=N–C) groups is 1. The minimum atomic E-state index is -0.332. The normalized spacial score (nSPS) is 11.2. The van der Waals surface area contributed by atoms with Crippen LogP contribution < -0.4 is 10.6 Å². The minimum Gasteiger partial charge on any atom is -0.324 e. The number of guanidine groups is 1. The Bertz CT molecular complexity index is 1020. The quantitative estimate of drug-likeness (QED) is 0.471. The molecule has 0 radical (unpaired) electrons. The number of benzene rings is 2. The van der Waals surface area contributed by atoms with Crippen LogP contribution in [-0.4, -0.2) is 21.8 Å². The summed E-state index contributed by atoms with van der Waals surface area (Å²) < 4.78 is 0. The number of hydrogen-bond donors (Lipinski definition) is 2. The van der Waals surface area contributed by atoms with E-state index < -0.39 is 0 Å². The number of rotatable bonds is 3. The zero-order valence-electron chi connectivity index (χ0n) is 15.2. The average Bonchev–Trinajstić information content (AvgIpc) is 2.64. The van der Waals surface area contributed by atoms with E-state index in [1.807, 2.05) is 26.0 Å². The maximum absolute atomic E-state index is 12.6. The fourth-order valence-corrected chi connectivity index (χ4v) is 2.89. The van der Waals surface area contributed by atoms with Gasteiger partial charge in [-0.3, -0.25) is 10.1 Å². The molecule has 142 valence electrons. The van der Waals surface area contributed by atoms with Gasteiger partial charge in [0.25, 0.3) is 11.9 Å². The Labute approximate surface area is 172 Å². The summed E-state index contributed by atoms with van der Waals surface area (Å²) in [5, 5.41) is 6.63. The van der Waals surface area contributed by atoms with Gasteiger partial charge >= 0.3 is 0 Å². The van der Waals surface area contributed by atoms with E-state index in [0.717, 1.165) is 11.4 Å². The van der Waals surface area contributed by atoms with Crippen LogP contribution in [0.3, 0.4) is 0 Å². The number of nitrogens with one attached hydrogen (secondary N) is 2. The zero-order chi connectivity index (χ0) is 20.1. The summed E-state index contributed by atoms with van der Waals surface area (Å²) in [5.74, 6) is 0.0304. The maximum atomic E-state index is 12.6. The second kappa shape index (κ2) is 8.82. The van der Waals surface area contributed by atoms with E-state index in [4.69, 9.17) is 23.2 Å². The highest BCUT2D eigenvalue weighted by molar-refractivity contribution is 6.36. The molecule has 1 amide bonds. The van der Waals surface area contributed by atoms with Crippen LogP contribution in [0.15, 0.2) is 59.6 Å². The third kappa shape index (κ3) is 5.28. The van der Waals surface area contributed by atoms with E-state index in [0.29, 0.717) is 21.3 Å². The molecule has 0 aliphatic carbocycles. The second-order valence-electron chi connectivity index (χ2n) is 5.98. The summed E-state index contributed by atoms with van der Waals surface area (Å²) in [6.07, 6.45) is 0.